The fraction of sp³-hybridized carbons (Fsp3) is 0.415. The third kappa shape index (κ3) is 7.58. The maximum absolute atomic E-state index is 13.6. The zero-order valence-corrected chi connectivity index (χ0v) is 31.8. The number of methoxy groups -OCH3 is 2. The van der Waals surface area contributed by atoms with Crippen molar-refractivity contribution in [2.24, 2.45) is 5.92 Å². The van der Waals surface area contributed by atoms with Crippen LogP contribution in [0.5, 0.6) is 0 Å². The number of hydrogen-bond acceptors (Lipinski definition) is 8. The van der Waals surface area contributed by atoms with Gasteiger partial charge in [0.05, 0.1) is 49.2 Å². The van der Waals surface area contributed by atoms with Crippen LogP contribution in [0, 0.1) is 5.92 Å². The average Bonchev–Trinajstić information content (AvgIpc) is 4.03. The minimum atomic E-state index is -0.692. The van der Waals surface area contributed by atoms with E-state index >= 15 is 0 Å². The summed E-state index contributed by atoms with van der Waals surface area (Å²) >= 11 is 0. The lowest BCUT2D eigenvalue weighted by Gasteiger charge is -2.29. The molecule has 2 aliphatic rings. The first-order chi connectivity index (χ1) is 26.6. The molecule has 55 heavy (non-hydrogen) atoms. The van der Waals surface area contributed by atoms with E-state index in [1.165, 1.54) is 14.2 Å². The van der Waals surface area contributed by atoms with E-state index in [0.29, 0.717) is 19.5 Å². The zero-order chi connectivity index (χ0) is 38.8. The van der Waals surface area contributed by atoms with E-state index in [9.17, 15) is 19.2 Å². The molecule has 288 valence electrons. The number of aromatic nitrogens is 4. The summed E-state index contributed by atoms with van der Waals surface area (Å²) in [6.45, 7) is 6.86. The molecular formula is C41H48N8O6. The third-order valence-corrected chi connectivity index (χ3v) is 10.9. The van der Waals surface area contributed by atoms with Crippen molar-refractivity contribution in [1.82, 2.24) is 40.4 Å². The Morgan fingerprint density at radius 2 is 1.38 bits per heavy atom. The number of carbonyl (C=O) groups excluding carboxylic acids is 4. The van der Waals surface area contributed by atoms with Gasteiger partial charge in [-0.3, -0.25) is 9.59 Å². The Morgan fingerprint density at radius 3 is 2.05 bits per heavy atom. The van der Waals surface area contributed by atoms with Gasteiger partial charge in [-0.15, -0.1) is 0 Å². The van der Waals surface area contributed by atoms with Crippen molar-refractivity contribution in [2.75, 3.05) is 27.3 Å². The number of ether oxygens (including phenoxy) is 2. The fourth-order valence-electron chi connectivity index (χ4n) is 7.86. The molecule has 4 N–H and O–H groups in total. The van der Waals surface area contributed by atoms with Crippen LogP contribution in [0.2, 0.25) is 0 Å². The van der Waals surface area contributed by atoms with Crippen LogP contribution in [0.4, 0.5) is 9.59 Å². The van der Waals surface area contributed by atoms with Crippen molar-refractivity contribution in [1.29, 1.82) is 0 Å². The summed E-state index contributed by atoms with van der Waals surface area (Å²) in [5.74, 6) is 1.08. The summed E-state index contributed by atoms with van der Waals surface area (Å²) < 4.78 is 9.49. The van der Waals surface area contributed by atoms with Crippen LogP contribution in [0.25, 0.3) is 44.2 Å². The molecule has 0 saturated carbocycles. The largest absolute Gasteiger partial charge is 0.453 e. The lowest BCUT2D eigenvalue weighted by atomic mass is 9.99. The molecule has 0 aliphatic carbocycles. The van der Waals surface area contributed by atoms with Gasteiger partial charge in [0, 0.05) is 18.7 Å². The highest BCUT2D eigenvalue weighted by molar-refractivity contribution is 5.92. The number of amides is 4. The van der Waals surface area contributed by atoms with Crippen LogP contribution >= 0.6 is 0 Å². The number of nitrogens with one attached hydrogen (secondary N) is 4. The van der Waals surface area contributed by atoms with Crippen molar-refractivity contribution in [2.45, 2.75) is 77.0 Å². The molecule has 0 radical (unpaired) electrons. The molecule has 0 bridgehead atoms. The lowest BCUT2D eigenvalue weighted by Crippen LogP contribution is -2.51. The summed E-state index contributed by atoms with van der Waals surface area (Å²) in [6, 6.07) is 17.1. The van der Waals surface area contributed by atoms with Gasteiger partial charge < -0.3 is 39.9 Å². The van der Waals surface area contributed by atoms with Crippen LogP contribution < -0.4 is 10.6 Å². The predicted octanol–water partition coefficient (Wildman–Crippen LogP) is 6.62. The highest BCUT2D eigenvalue weighted by atomic mass is 16.5. The Bertz CT molecular complexity index is 2230. The number of carbonyl (C=O) groups is 4. The number of imidazole rings is 2. The lowest BCUT2D eigenvalue weighted by molar-refractivity contribution is -0.135. The Hall–Kier alpha value is -5.92. The molecule has 14 nitrogen and oxygen atoms in total. The monoisotopic (exact) mass is 748 g/mol. The van der Waals surface area contributed by atoms with E-state index in [4.69, 9.17) is 14.5 Å². The number of benzene rings is 3. The fourth-order valence-corrected chi connectivity index (χ4v) is 7.86. The molecule has 14 heteroatoms. The maximum Gasteiger partial charge on any atom is 0.407 e. The van der Waals surface area contributed by atoms with Crippen molar-refractivity contribution >= 4 is 45.8 Å². The first-order valence-corrected chi connectivity index (χ1v) is 19.0. The van der Waals surface area contributed by atoms with E-state index in [-0.39, 0.29) is 29.8 Å². The van der Waals surface area contributed by atoms with Crippen molar-refractivity contribution < 1.29 is 28.7 Å². The van der Waals surface area contributed by atoms with Gasteiger partial charge in [0.2, 0.25) is 11.8 Å². The highest BCUT2D eigenvalue weighted by Gasteiger charge is 2.38. The number of alkyl carbamates (subject to hydrolysis) is 2. The second-order valence-corrected chi connectivity index (χ2v) is 14.6. The molecule has 3 aromatic carbocycles. The van der Waals surface area contributed by atoms with E-state index < -0.39 is 24.3 Å². The zero-order valence-electron chi connectivity index (χ0n) is 31.8. The van der Waals surface area contributed by atoms with Gasteiger partial charge in [0.1, 0.15) is 23.7 Å². The standard InChI is InChI=1S/C41H48N8O6/c1-6-29(46-40(52)54-4)38(50)48-17-7-9-33(48)36-42-22-32(45-36)28-14-13-24-19-25(11-12-26(24)20-28)27-15-16-30-31(21-27)44-37(43-30)34-10-8-18-49(34)39(51)35(23(2)3)47-41(53)55-5/h11-16,19-23,29,33-35H,6-10,17-18H2,1-5H3,(H,42,45)(H,43,44)(H,46,52)(H,47,53). The van der Waals surface area contributed by atoms with Crippen molar-refractivity contribution in [3.8, 4) is 22.4 Å². The van der Waals surface area contributed by atoms with Crippen LogP contribution in [0.1, 0.15) is 76.6 Å². The van der Waals surface area contributed by atoms with E-state index in [2.05, 4.69) is 74.1 Å². The summed E-state index contributed by atoms with van der Waals surface area (Å²) in [5.41, 5.74) is 5.66. The quantitative estimate of drug-likeness (QED) is 0.123. The van der Waals surface area contributed by atoms with Crippen LogP contribution in [0.3, 0.4) is 0 Å². The first kappa shape index (κ1) is 37.4. The summed E-state index contributed by atoms with van der Waals surface area (Å²) in [6.07, 6.45) is 4.29. The molecule has 7 rings (SSSR count). The number of H-pyrrole nitrogens is 2. The molecule has 5 aromatic rings. The molecule has 4 heterocycles. The van der Waals surface area contributed by atoms with Gasteiger partial charge in [0.15, 0.2) is 0 Å². The Kier molecular flexibility index (Phi) is 10.8. The summed E-state index contributed by atoms with van der Waals surface area (Å²) in [5, 5.41) is 7.52. The highest BCUT2D eigenvalue weighted by Crippen LogP contribution is 2.36. The van der Waals surface area contributed by atoms with Gasteiger partial charge in [0.25, 0.3) is 0 Å². The van der Waals surface area contributed by atoms with Crippen LogP contribution in [0.15, 0.2) is 60.8 Å². The van der Waals surface area contributed by atoms with E-state index in [1.807, 2.05) is 37.9 Å². The Labute approximate surface area is 319 Å². The SMILES string of the molecule is CCC(NC(=O)OC)C(=O)N1CCCC1c1ncc(-c2ccc3cc(-c4ccc5nc(C6CCCN6C(=O)C(NC(=O)OC)C(C)C)[nH]c5c4)ccc3c2)[nH]1. The Balaban J connectivity index is 1.07. The number of rotatable bonds is 10. The number of fused-ring (bicyclic) bond motifs is 2. The van der Waals surface area contributed by atoms with E-state index in [0.717, 1.165) is 81.5 Å². The van der Waals surface area contributed by atoms with E-state index in [1.54, 1.807) is 4.90 Å². The molecule has 4 unspecified atom stereocenters. The van der Waals surface area contributed by atoms with Gasteiger partial charge in [-0.05, 0) is 84.2 Å². The molecule has 4 atom stereocenters. The predicted molar refractivity (Wildman–Crippen MR) is 208 cm³/mol. The normalized spacial score (nSPS) is 18.1. The Morgan fingerprint density at radius 1 is 0.782 bits per heavy atom. The van der Waals surface area contributed by atoms with Gasteiger partial charge in [-0.2, -0.15) is 0 Å². The van der Waals surface area contributed by atoms with Crippen molar-refractivity contribution in [3.05, 3.63) is 72.4 Å². The molecule has 2 aromatic heterocycles. The number of aromatic amines is 2. The van der Waals surface area contributed by atoms with Crippen LogP contribution in [-0.2, 0) is 19.1 Å². The molecule has 2 fully saturated rings. The minimum absolute atomic E-state index is 0.108. The minimum Gasteiger partial charge on any atom is -0.453 e. The molecular weight excluding hydrogens is 701 g/mol. The van der Waals surface area contributed by atoms with Gasteiger partial charge in [-0.25, -0.2) is 19.6 Å². The number of nitrogens with zero attached hydrogens (tertiary/aromatic N) is 4. The average molecular weight is 749 g/mol. The van der Waals surface area contributed by atoms with Crippen LogP contribution in [-0.4, -0.2) is 93.1 Å². The second kappa shape index (κ2) is 15.8. The summed E-state index contributed by atoms with van der Waals surface area (Å²) in [7, 11) is 2.58. The first-order valence-electron chi connectivity index (χ1n) is 19.0. The van der Waals surface area contributed by atoms with Gasteiger partial charge in [-0.1, -0.05) is 51.1 Å². The van der Waals surface area contributed by atoms with Crippen molar-refractivity contribution in [3.63, 3.8) is 0 Å². The second-order valence-electron chi connectivity index (χ2n) is 14.6. The number of hydrogen-bond donors (Lipinski definition) is 4. The molecule has 4 amide bonds. The number of likely N-dealkylation sites (tertiary alicyclic amines) is 2. The molecule has 2 aliphatic heterocycles. The maximum atomic E-state index is 13.6. The van der Waals surface area contributed by atoms with Gasteiger partial charge >= 0.3 is 12.2 Å². The molecule has 2 saturated heterocycles. The molecule has 0 spiro atoms. The smallest absolute Gasteiger partial charge is 0.407 e. The third-order valence-electron chi connectivity index (χ3n) is 10.9. The topological polar surface area (TPSA) is 175 Å². The summed E-state index contributed by atoms with van der Waals surface area (Å²) in [4.78, 5) is 71.0.